The minimum atomic E-state index is -1.19. The van der Waals surface area contributed by atoms with Crippen molar-refractivity contribution >= 4 is 11.9 Å². The maximum atomic E-state index is 10.4. The van der Waals surface area contributed by atoms with Gasteiger partial charge in [0.25, 0.3) is 0 Å². The summed E-state index contributed by atoms with van der Waals surface area (Å²) in [6.07, 6.45) is 1.28. The molecule has 7 nitrogen and oxygen atoms in total. The van der Waals surface area contributed by atoms with Gasteiger partial charge in [-0.05, 0) is 0 Å². The van der Waals surface area contributed by atoms with Gasteiger partial charge in [0.1, 0.15) is 6.04 Å². The van der Waals surface area contributed by atoms with E-state index in [2.05, 4.69) is 9.97 Å². The first-order valence-electron chi connectivity index (χ1n) is 3.76. The normalized spacial score (nSPS) is 11.5. The van der Waals surface area contributed by atoms with Crippen LogP contribution in [-0.2, 0) is 28.3 Å². The second kappa shape index (κ2) is 5.50. The van der Waals surface area contributed by atoms with Crippen molar-refractivity contribution in [1.82, 2.24) is 9.97 Å². The number of aromatic amines is 1. The van der Waals surface area contributed by atoms with Crippen molar-refractivity contribution in [3.8, 4) is 0 Å². The molecule has 0 saturated heterocycles. The van der Waals surface area contributed by atoms with E-state index in [1.165, 1.54) is 6.20 Å². The van der Waals surface area contributed by atoms with Crippen LogP contribution >= 0.6 is 0 Å². The van der Waals surface area contributed by atoms with E-state index >= 15 is 0 Å². The number of H-pyrrole nitrogens is 1. The van der Waals surface area contributed by atoms with Gasteiger partial charge in [-0.15, -0.1) is 0 Å². The molecule has 0 bridgehead atoms. The van der Waals surface area contributed by atoms with Crippen molar-refractivity contribution in [3.05, 3.63) is 17.7 Å². The summed E-state index contributed by atoms with van der Waals surface area (Å²) in [5, 5.41) is 17.0. The van der Waals surface area contributed by atoms with E-state index in [4.69, 9.17) is 15.9 Å². The Morgan fingerprint density at radius 2 is 2.13 bits per heavy atom. The minimum absolute atomic E-state index is 0. The van der Waals surface area contributed by atoms with Gasteiger partial charge in [0.15, 0.2) is 0 Å². The van der Waals surface area contributed by atoms with Crippen LogP contribution in [0.5, 0.6) is 0 Å². The molecule has 5 N–H and O–H groups in total. The average molecular weight is 255 g/mol. The van der Waals surface area contributed by atoms with Crippen LogP contribution in [0.3, 0.4) is 0 Å². The van der Waals surface area contributed by atoms with E-state index in [9.17, 15) is 9.59 Å². The average Bonchev–Trinajstić information content (AvgIpc) is 2.52. The summed E-state index contributed by atoms with van der Waals surface area (Å²) in [7, 11) is 0. The molecule has 1 rings (SSSR count). The Kier molecular flexibility index (Phi) is 4.99. The van der Waals surface area contributed by atoms with Gasteiger partial charge < -0.3 is 20.9 Å². The number of carboxylic acids is 2. The molecule has 0 aliphatic rings. The third-order valence-corrected chi connectivity index (χ3v) is 1.59. The minimum Gasteiger partial charge on any atom is -0.480 e. The smallest absolute Gasteiger partial charge is 0.371 e. The number of aromatic nitrogens is 2. The molecule has 8 heteroatoms. The summed E-state index contributed by atoms with van der Waals surface area (Å²) in [5.41, 5.74) is 5.63. The Hall–Kier alpha value is -1.37. The van der Waals surface area contributed by atoms with Crippen LogP contribution in [0.2, 0.25) is 0 Å². The van der Waals surface area contributed by atoms with E-state index in [1.54, 1.807) is 0 Å². The number of hydrogen-bond donors (Lipinski definition) is 4. The molecule has 1 heterocycles. The van der Waals surface area contributed by atoms with Crippen molar-refractivity contribution in [1.29, 1.82) is 0 Å². The van der Waals surface area contributed by atoms with Gasteiger partial charge in [0.2, 0.25) is 5.82 Å². The first-order valence-corrected chi connectivity index (χ1v) is 3.76. The fraction of sp³-hybridized carbons (Fsp3) is 0.286. The molecule has 1 atom stereocenters. The number of carboxylic acid groups (broad SMARTS) is 2. The molecule has 0 saturated carbocycles. The predicted molar refractivity (Wildman–Crippen MR) is 44.9 cm³/mol. The molecule has 0 unspecified atom stereocenters. The summed E-state index contributed by atoms with van der Waals surface area (Å²) >= 11 is 0. The van der Waals surface area contributed by atoms with Crippen LogP contribution in [0.25, 0.3) is 0 Å². The van der Waals surface area contributed by atoms with E-state index < -0.39 is 18.0 Å². The molecular formula is C7H9FeN3O4. The van der Waals surface area contributed by atoms with Crippen molar-refractivity contribution in [2.24, 2.45) is 5.73 Å². The topological polar surface area (TPSA) is 129 Å². The van der Waals surface area contributed by atoms with Crippen LogP contribution in [0, 0.1) is 0 Å². The van der Waals surface area contributed by atoms with Crippen molar-refractivity contribution < 1.29 is 36.9 Å². The van der Waals surface area contributed by atoms with Crippen LogP contribution in [0.4, 0.5) is 0 Å². The van der Waals surface area contributed by atoms with Crippen LogP contribution in [0.15, 0.2) is 6.20 Å². The molecule has 0 radical (unpaired) electrons. The van der Waals surface area contributed by atoms with Gasteiger partial charge >= 0.3 is 11.9 Å². The summed E-state index contributed by atoms with van der Waals surface area (Å²) in [5.74, 6) is -2.56. The Labute approximate surface area is 95.2 Å². The van der Waals surface area contributed by atoms with E-state index in [1.807, 2.05) is 0 Å². The van der Waals surface area contributed by atoms with Crippen molar-refractivity contribution in [2.45, 2.75) is 12.5 Å². The summed E-state index contributed by atoms with van der Waals surface area (Å²) < 4.78 is 0. The number of nitrogens with zero attached hydrogens (tertiary/aromatic N) is 1. The Balaban J connectivity index is 0.00000196. The first-order chi connectivity index (χ1) is 6.50. The standard InChI is InChI=1S/C7H9N3O4.Fe/c8-4(6(11)12)1-3-2-9-5(10-3)7(13)14;/h2,4H,1,8H2,(H,9,10)(H,11,12)(H,13,14);/t4-;/m0./s1. The van der Waals surface area contributed by atoms with E-state index in [0.717, 1.165) is 0 Å². The SMILES string of the molecule is N[C@@H](Cc1cnc(C(=O)O)[nH]1)C(=O)O.[Fe]. The van der Waals surface area contributed by atoms with Crippen LogP contribution < -0.4 is 5.73 Å². The Morgan fingerprint density at radius 3 is 2.53 bits per heavy atom. The largest absolute Gasteiger partial charge is 0.480 e. The summed E-state index contributed by atoms with van der Waals surface area (Å²) in [6.45, 7) is 0. The molecule has 0 aliphatic carbocycles. The third kappa shape index (κ3) is 3.70. The van der Waals surface area contributed by atoms with Gasteiger partial charge in [0.05, 0.1) is 0 Å². The molecule has 84 valence electrons. The fourth-order valence-electron chi connectivity index (χ4n) is 0.896. The number of nitrogens with one attached hydrogen (secondary N) is 1. The predicted octanol–water partition coefficient (Wildman–Crippen LogP) is -0.940. The van der Waals surface area contributed by atoms with Gasteiger partial charge in [0, 0.05) is 35.4 Å². The number of carbonyl (C=O) groups is 2. The van der Waals surface area contributed by atoms with E-state index in [0.29, 0.717) is 5.69 Å². The van der Waals surface area contributed by atoms with E-state index in [-0.39, 0.29) is 29.3 Å². The van der Waals surface area contributed by atoms with Gasteiger partial charge in [-0.2, -0.15) is 0 Å². The molecule has 0 spiro atoms. The van der Waals surface area contributed by atoms with Crippen molar-refractivity contribution in [2.75, 3.05) is 0 Å². The number of rotatable bonds is 4. The van der Waals surface area contributed by atoms with Gasteiger partial charge in [-0.25, -0.2) is 9.78 Å². The second-order valence-electron chi connectivity index (χ2n) is 2.71. The molecule has 0 aromatic carbocycles. The zero-order valence-corrected chi connectivity index (χ0v) is 8.56. The summed E-state index contributed by atoms with van der Waals surface area (Å²) in [4.78, 5) is 26.7. The zero-order chi connectivity index (χ0) is 10.7. The molecule has 1 aromatic heterocycles. The molecule has 0 aliphatic heterocycles. The molecule has 0 amide bonds. The maximum Gasteiger partial charge on any atom is 0.371 e. The molecule has 1 aromatic rings. The number of aliphatic carboxylic acids is 1. The summed E-state index contributed by atoms with van der Waals surface area (Å²) in [6, 6.07) is -1.06. The number of aromatic carboxylic acids is 1. The molecular weight excluding hydrogens is 246 g/mol. The van der Waals surface area contributed by atoms with Gasteiger partial charge in [-0.3, -0.25) is 4.79 Å². The number of nitrogens with two attached hydrogens (primary N) is 1. The maximum absolute atomic E-state index is 10.4. The Morgan fingerprint density at radius 1 is 1.53 bits per heavy atom. The van der Waals surface area contributed by atoms with Crippen molar-refractivity contribution in [3.63, 3.8) is 0 Å². The van der Waals surface area contributed by atoms with Crippen LogP contribution in [-0.4, -0.2) is 38.2 Å². The number of imidazole rings is 1. The Bertz CT molecular complexity index is 365. The quantitative estimate of drug-likeness (QED) is 0.514. The first kappa shape index (κ1) is 13.6. The monoisotopic (exact) mass is 255 g/mol. The third-order valence-electron chi connectivity index (χ3n) is 1.59. The second-order valence-corrected chi connectivity index (χ2v) is 2.71. The molecule has 0 fully saturated rings. The molecule has 15 heavy (non-hydrogen) atoms. The number of hydrogen-bond acceptors (Lipinski definition) is 4. The van der Waals surface area contributed by atoms with Crippen LogP contribution in [0.1, 0.15) is 16.3 Å². The zero-order valence-electron chi connectivity index (χ0n) is 7.45. The van der Waals surface area contributed by atoms with Gasteiger partial charge in [-0.1, -0.05) is 0 Å². The fourth-order valence-corrected chi connectivity index (χ4v) is 0.896.